The Morgan fingerprint density at radius 3 is 2.80 bits per heavy atom. The molecule has 1 aromatic rings. The van der Waals surface area contributed by atoms with Gasteiger partial charge in [-0.05, 0) is 27.9 Å². The number of halogens is 1. The smallest absolute Gasteiger partial charge is 0.184 e. The fraction of sp³-hybridized carbons (Fsp3) is 0.714. The van der Waals surface area contributed by atoms with E-state index < -0.39 is 0 Å². The maximum Gasteiger partial charge on any atom is 0.184 e. The highest BCUT2D eigenvalue weighted by Gasteiger charge is 2.27. The number of Topliss-reactive ketones (excluding diaryl/α,β-unsaturated/α-hetero) is 1. The molecule has 2 rings (SSSR count). The molecule has 112 valence electrons. The van der Waals surface area contributed by atoms with Crippen LogP contribution in [0.15, 0.2) is 6.20 Å². The number of carbonyl (C=O) groups excluding carboxylic acids is 1. The number of hydrogen-bond acceptors (Lipinski definition) is 4. The van der Waals surface area contributed by atoms with Crippen LogP contribution in [0.1, 0.15) is 36.8 Å². The lowest BCUT2D eigenvalue weighted by Crippen LogP contribution is -2.50. The highest BCUT2D eigenvalue weighted by atomic mass is 35.5. The number of aromatic nitrogens is 2. The first-order valence-corrected chi connectivity index (χ1v) is 7.43. The van der Waals surface area contributed by atoms with E-state index in [1.165, 1.54) is 0 Å². The van der Waals surface area contributed by atoms with Gasteiger partial charge in [0.2, 0.25) is 0 Å². The second kappa shape index (κ2) is 6.24. The molecule has 2 heterocycles. The summed E-state index contributed by atoms with van der Waals surface area (Å²) in [5.74, 6) is 0.0772. The standard InChI is InChI=1S/C14H23ClN4O/c1-10(2)19-14(12(15)8-16-19)13(20)7-11-9-17(3)5-6-18(11)4/h8,10-11H,5-7,9H2,1-4H3. The normalized spacial score (nSPS) is 21.6. The third kappa shape index (κ3) is 3.22. The van der Waals surface area contributed by atoms with Gasteiger partial charge in [-0.1, -0.05) is 11.6 Å². The number of carbonyl (C=O) groups is 1. The van der Waals surface area contributed by atoms with Gasteiger partial charge >= 0.3 is 0 Å². The zero-order valence-electron chi connectivity index (χ0n) is 12.6. The van der Waals surface area contributed by atoms with Gasteiger partial charge in [-0.3, -0.25) is 9.48 Å². The lowest BCUT2D eigenvalue weighted by Gasteiger charge is -2.37. The van der Waals surface area contributed by atoms with Crippen LogP contribution in [0, 0.1) is 0 Å². The molecule has 1 aliphatic rings. The van der Waals surface area contributed by atoms with E-state index in [0.717, 1.165) is 19.6 Å². The summed E-state index contributed by atoms with van der Waals surface area (Å²) in [7, 11) is 4.17. The molecule has 0 amide bonds. The second-order valence-corrected chi connectivity index (χ2v) is 6.31. The van der Waals surface area contributed by atoms with Crippen molar-refractivity contribution in [2.45, 2.75) is 32.4 Å². The number of piperazine rings is 1. The summed E-state index contributed by atoms with van der Waals surface area (Å²) in [4.78, 5) is 17.1. The number of hydrogen-bond donors (Lipinski definition) is 0. The molecule has 1 fully saturated rings. The zero-order valence-corrected chi connectivity index (χ0v) is 13.4. The molecular formula is C14H23ClN4O. The van der Waals surface area contributed by atoms with Crippen LogP contribution in [0.5, 0.6) is 0 Å². The van der Waals surface area contributed by atoms with Crippen LogP contribution in [0.25, 0.3) is 0 Å². The summed E-state index contributed by atoms with van der Waals surface area (Å²) in [6.45, 7) is 6.95. The van der Waals surface area contributed by atoms with Crippen molar-refractivity contribution in [1.82, 2.24) is 19.6 Å². The average Bonchev–Trinajstić information content (AvgIpc) is 2.76. The fourth-order valence-electron chi connectivity index (χ4n) is 2.63. The van der Waals surface area contributed by atoms with Crippen molar-refractivity contribution in [3.8, 4) is 0 Å². The molecule has 0 aliphatic carbocycles. The van der Waals surface area contributed by atoms with Crippen molar-refractivity contribution in [1.29, 1.82) is 0 Å². The highest BCUT2D eigenvalue weighted by Crippen LogP contribution is 2.22. The van der Waals surface area contributed by atoms with E-state index >= 15 is 0 Å². The minimum Gasteiger partial charge on any atom is -0.304 e. The second-order valence-electron chi connectivity index (χ2n) is 5.90. The number of rotatable bonds is 4. The van der Waals surface area contributed by atoms with Crippen molar-refractivity contribution in [3.63, 3.8) is 0 Å². The summed E-state index contributed by atoms with van der Waals surface area (Å²) >= 11 is 6.14. The molecule has 0 saturated carbocycles. The maximum absolute atomic E-state index is 12.6. The lowest BCUT2D eigenvalue weighted by atomic mass is 10.0. The Morgan fingerprint density at radius 1 is 1.45 bits per heavy atom. The molecule has 1 aliphatic heterocycles. The fourth-order valence-corrected chi connectivity index (χ4v) is 2.86. The Morgan fingerprint density at radius 2 is 2.15 bits per heavy atom. The van der Waals surface area contributed by atoms with Crippen molar-refractivity contribution in [2.24, 2.45) is 0 Å². The van der Waals surface area contributed by atoms with Crippen LogP contribution >= 0.6 is 11.6 Å². The van der Waals surface area contributed by atoms with E-state index in [0.29, 0.717) is 17.1 Å². The molecule has 0 N–H and O–H groups in total. The molecule has 0 radical (unpaired) electrons. The van der Waals surface area contributed by atoms with Crippen LogP contribution in [-0.2, 0) is 0 Å². The van der Waals surface area contributed by atoms with Gasteiger partial charge in [0.1, 0.15) is 5.69 Å². The van der Waals surface area contributed by atoms with E-state index in [1.54, 1.807) is 10.9 Å². The molecule has 20 heavy (non-hydrogen) atoms. The van der Waals surface area contributed by atoms with Gasteiger partial charge < -0.3 is 9.80 Å². The largest absolute Gasteiger partial charge is 0.304 e. The number of ketones is 1. The third-order valence-electron chi connectivity index (χ3n) is 3.91. The Labute approximate surface area is 125 Å². The monoisotopic (exact) mass is 298 g/mol. The SMILES string of the molecule is CC(C)n1ncc(Cl)c1C(=O)CC1CN(C)CCN1C. The summed E-state index contributed by atoms with van der Waals surface area (Å²) in [5, 5.41) is 4.66. The molecule has 1 saturated heterocycles. The Balaban J connectivity index is 2.14. The molecule has 1 aromatic heterocycles. The van der Waals surface area contributed by atoms with Gasteiger partial charge in [0.05, 0.1) is 11.2 Å². The van der Waals surface area contributed by atoms with Gasteiger partial charge in [0, 0.05) is 38.1 Å². The van der Waals surface area contributed by atoms with Crippen LogP contribution in [-0.4, -0.2) is 65.1 Å². The predicted molar refractivity (Wildman–Crippen MR) is 80.5 cm³/mol. The zero-order chi connectivity index (χ0) is 14.9. The first kappa shape index (κ1) is 15.5. The van der Waals surface area contributed by atoms with Gasteiger partial charge in [0.15, 0.2) is 5.78 Å². The van der Waals surface area contributed by atoms with E-state index in [2.05, 4.69) is 29.0 Å². The first-order chi connectivity index (χ1) is 9.40. The highest BCUT2D eigenvalue weighted by molar-refractivity contribution is 6.33. The van der Waals surface area contributed by atoms with Crippen LogP contribution in [0.2, 0.25) is 5.02 Å². The van der Waals surface area contributed by atoms with Crippen molar-refractivity contribution >= 4 is 17.4 Å². The molecule has 1 unspecified atom stereocenters. The average molecular weight is 299 g/mol. The van der Waals surface area contributed by atoms with E-state index in [1.807, 2.05) is 13.8 Å². The quantitative estimate of drug-likeness (QED) is 0.797. The van der Waals surface area contributed by atoms with Crippen molar-refractivity contribution in [3.05, 3.63) is 16.9 Å². The summed E-state index contributed by atoms with van der Waals surface area (Å²) in [6, 6.07) is 0.376. The molecular weight excluding hydrogens is 276 g/mol. The lowest BCUT2D eigenvalue weighted by molar-refractivity contribution is 0.0800. The van der Waals surface area contributed by atoms with Crippen LogP contribution < -0.4 is 0 Å². The molecule has 6 heteroatoms. The number of nitrogens with zero attached hydrogens (tertiary/aromatic N) is 4. The minimum atomic E-state index is 0.0772. The summed E-state index contributed by atoms with van der Waals surface area (Å²) in [6.07, 6.45) is 2.05. The van der Waals surface area contributed by atoms with Gasteiger partial charge in [0.25, 0.3) is 0 Å². The Hall–Kier alpha value is -0.910. The van der Waals surface area contributed by atoms with Gasteiger partial charge in [-0.15, -0.1) is 0 Å². The van der Waals surface area contributed by atoms with Gasteiger partial charge in [-0.25, -0.2) is 0 Å². The molecule has 5 nitrogen and oxygen atoms in total. The van der Waals surface area contributed by atoms with Crippen LogP contribution in [0.4, 0.5) is 0 Å². The Kier molecular flexibility index (Phi) is 4.83. The molecule has 0 spiro atoms. The van der Waals surface area contributed by atoms with E-state index in [9.17, 15) is 4.79 Å². The molecule has 0 bridgehead atoms. The van der Waals surface area contributed by atoms with Crippen molar-refractivity contribution < 1.29 is 4.79 Å². The van der Waals surface area contributed by atoms with E-state index in [4.69, 9.17) is 11.6 Å². The van der Waals surface area contributed by atoms with E-state index in [-0.39, 0.29) is 17.9 Å². The number of likely N-dealkylation sites (N-methyl/N-ethyl adjacent to an activating group) is 2. The van der Waals surface area contributed by atoms with Crippen LogP contribution in [0.3, 0.4) is 0 Å². The molecule has 0 aromatic carbocycles. The minimum absolute atomic E-state index is 0.0772. The van der Waals surface area contributed by atoms with Gasteiger partial charge in [-0.2, -0.15) is 5.10 Å². The topological polar surface area (TPSA) is 41.4 Å². The summed E-state index contributed by atoms with van der Waals surface area (Å²) in [5.41, 5.74) is 0.545. The predicted octanol–water partition coefficient (Wildman–Crippen LogP) is 1.94. The maximum atomic E-state index is 12.6. The molecule has 1 atom stereocenters. The van der Waals surface area contributed by atoms with Crippen molar-refractivity contribution in [2.75, 3.05) is 33.7 Å². The summed E-state index contributed by atoms with van der Waals surface area (Å²) < 4.78 is 1.72. The Bertz CT molecular complexity index is 486. The third-order valence-corrected chi connectivity index (χ3v) is 4.18. The first-order valence-electron chi connectivity index (χ1n) is 7.05.